The first-order valence-electron chi connectivity index (χ1n) is 15.8. The van der Waals surface area contributed by atoms with E-state index in [0.29, 0.717) is 71.6 Å². The molecule has 10 heteroatoms. The SMILES string of the molecule is C#Cc1c(F)ccc2cc(N)cc(-c3ncc4c(N5CCOCC(C)C5)nc(OC[C@@]56CCCN5CC5(CC5)C6)nc4c3F)c12. The van der Waals surface area contributed by atoms with Crippen LogP contribution in [0, 0.1) is 35.3 Å². The lowest BCUT2D eigenvalue weighted by atomic mass is 9.89. The molecule has 3 saturated heterocycles. The van der Waals surface area contributed by atoms with Crippen molar-refractivity contribution in [2.75, 3.05) is 56.6 Å². The Morgan fingerprint density at radius 3 is 2.87 bits per heavy atom. The lowest BCUT2D eigenvalue weighted by Crippen LogP contribution is -2.43. The number of ether oxygens (including phenoxy) is 2. The van der Waals surface area contributed by atoms with Crippen molar-refractivity contribution in [2.24, 2.45) is 11.3 Å². The fraction of sp³-hybridized carbons (Fsp3) is 0.457. The maximum atomic E-state index is 16.9. The van der Waals surface area contributed by atoms with Gasteiger partial charge < -0.3 is 20.1 Å². The predicted octanol–water partition coefficient (Wildman–Crippen LogP) is 5.56. The molecular formula is C35H36F2N6O2. The predicted molar refractivity (Wildman–Crippen MR) is 170 cm³/mol. The molecule has 1 saturated carbocycles. The molecule has 232 valence electrons. The number of fused-ring (bicyclic) bond motifs is 3. The van der Waals surface area contributed by atoms with Crippen LogP contribution in [-0.4, -0.2) is 71.4 Å². The molecule has 5 heterocycles. The minimum atomic E-state index is -0.669. The maximum Gasteiger partial charge on any atom is 0.319 e. The van der Waals surface area contributed by atoms with E-state index in [1.165, 1.54) is 18.9 Å². The normalized spacial score (nSPS) is 24.2. The lowest BCUT2D eigenvalue weighted by molar-refractivity contribution is 0.107. The van der Waals surface area contributed by atoms with Gasteiger partial charge in [0, 0.05) is 42.5 Å². The molecule has 8 nitrogen and oxygen atoms in total. The fourth-order valence-corrected chi connectivity index (χ4v) is 8.00. The minimum Gasteiger partial charge on any atom is -0.461 e. The van der Waals surface area contributed by atoms with Crippen LogP contribution in [0.15, 0.2) is 30.5 Å². The Labute approximate surface area is 260 Å². The van der Waals surface area contributed by atoms with Crippen LogP contribution >= 0.6 is 0 Å². The van der Waals surface area contributed by atoms with Crippen LogP contribution < -0.4 is 15.4 Å². The van der Waals surface area contributed by atoms with Crippen molar-refractivity contribution < 1.29 is 18.3 Å². The molecule has 4 aromatic rings. The van der Waals surface area contributed by atoms with Crippen molar-refractivity contribution >= 4 is 33.2 Å². The molecule has 0 bridgehead atoms. The third-order valence-electron chi connectivity index (χ3n) is 10.3. The number of nitrogens with zero attached hydrogens (tertiary/aromatic N) is 5. The number of nitrogen functional groups attached to an aromatic ring is 1. The zero-order chi connectivity index (χ0) is 30.9. The molecular weight excluding hydrogens is 574 g/mol. The number of terminal acetylenes is 1. The molecule has 1 unspecified atom stereocenters. The quantitative estimate of drug-likeness (QED) is 0.232. The van der Waals surface area contributed by atoms with E-state index < -0.39 is 11.6 Å². The van der Waals surface area contributed by atoms with Gasteiger partial charge in [-0.2, -0.15) is 9.97 Å². The Bertz CT molecular complexity index is 1890. The van der Waals surface area contributed by atoms with Crippen LogP contribution in [0.3, 0.4) is 0 Å². The van der Waals surface area contributed by atoms with E-state index in [4.69, 9.17) is 26.6 Å². The zero-order valence-electron chi connectivity index (χ0n) is 25.4. The summed E-state index contributed by atoms with van der Waals surface area (Å²) in [5.74, 6) is 1.99. The average molecular weight is 611 g/mol. The van der Waals surface area contributed by atoms with Crippen molar-refractivity contribution in [3.05, 3.63) is 47.7 Å². The van der Waals surface area contributed by atoms with Gasteiger partial charge in [-0.15, -0.1) is 6.42 Å². The molecule has 2 N–H and O–H groups in total. The minimum absolute atomic E-state index is 0.0166. The zero-order valence-corrected chi connectivity index (χ0v) is 25.4. The van der Waals surface area contributed by atoms with Gasteiger partial charge in [-0.1, -0.05) is 18.9 Å². The van der Waals surface area contributed by atoms with Crippen LogP contribution in [0.2, 0.25) is 0 Å². The summed E-state index contributed by atoms with van der Waals surface area (Å²) in [5, 5.41) is 1.43. The summed E-state index contributed by atoms with van der Waals surface area (Å²) in [7, 11) is 0. The fourth-order valence-electron chi connectivity index (χ4n) is 8.00. The number of rotatable bonds is 5. The molecule has 4 fully saturated rings. The monoisotopic (exact) mass is 610 g/mol. The van der Waals surface area contributed by atoms with Crippen LogP contribution in [-0.2, 0) is 4.74 Å². The van der Waals surface area contributed by atoms with Gasteiger partial charge in [0.15, 0.2) is 5.82 Å². The molecule has 8 rings (SSSR count). The molecule has 45 heavy (non-hydrogen) atoms. The molecule has 2 aromatic carbocycles. The smallest absolute Gasteiger partial charge is 0.319 e. The highest BCUT2D eigenvalue weighted by atomic mass is 19.1. The van der Waals surface area contributed by atoms with Crippen LogP contribution in [0.1, 0.15) is 44.6 Å². The van der Waals surface area contributed by atoms with E-state index in [-0.39, 0.29) is 34.2 Å². The van der Waals surface area contributed by atoms with Gasteiger partial charge in [0.05, 0.1) is 29.7 Å². The van der Waals surface area contributed by atoms with Gasteiger partial charge in [-0.25, -0.2) is 8.78 Å². The van der Waals surface area contributed by atoms with E-state index in [1.807, 2.05) is 0 Å². The van der Waals surface area contributed by atoms with E-state index in [1.54, 1.807) is 24.4 Å². The Hall–Kier alpha value is -4.07. The average Bonchev–Trinajstić information content (AvgIpc) is 3.64. The lowest BCUT2D eigenvalue weighted by Gasteiger charge is -2.31. The first-order valence-corrected chi connectivity index (χ1v) is 15.8. The molecule has 4 aliphatic rings. The summed E-state index contributed by atoms with van der Waals surface area (Å²) < 4.78 is 44.0. The van der Waals surface area contributed by atoms with Crippen LogP contribution in [0.25, 0.3) is 32.9 Å². The standard InChI is InChI=1S/C35H36F2N6O2/c1-3-24-27(36)6-5-22-13-23(38)14-25(28(22)24)30-29(37)31-26(15-39-30)32(42-11-12-44-17-21(2)16-42)41-33(40-31)45-20-35-7-4-10-43(35)19-34(18-35)8-9-34/h1,5-6,13-15,21H,4,7-12,16-20,38H2,2H3/t21?,35-/m0/s1. The third-order valence-corrected chi connectivity index (χ3v) is 10.3. The summed E-state index contributed by atoms with van der Waals surface area (Å²) in [4.78, 5) is 18.8. The van der Waals surface area contributed by atoms with Gasteiger partial charge in [0.2, 0.25) is 0 Å². The van der Waals surface area contributed by atoms with Crippen molar-refractivity contribution in [2.45, 2.75) is 44.6 Å². The van der Waals surface area contributed by atoms with E-state index in [0.717, 1.165) is 32.4 Å². The number of hydrogen-bond acceptors (Lipinski definition) is 8. The van der Waals surface area contributed by atoms with Gasteiger partial charge in [0.1, 0.15) is 29.5 Å². The molecule has 2 aromatic heterocycles. The topological polar surface area (TPSA) is 89.6 Å². The van der Waals surface area contributed by atoms with Crippen LogP contribution in [0.5, 0.6) is 6.01 Å². The summed E-state index contributed by atoms with van der Waals surface area (Å²) in [6.07, 6.45) is 13.2. The number of aromatic nitrogens is 3. The third kappa shape index (κ3) is 4.75. The Morgan fingerprint density at radius 1 is 1.18 bits per heavy atom. The maximum absolute atomic E-state index is 16.9. The summed E-state index contributed by atoms with van der Waals surface area (Å²) in [6.45, 7) is 7.22. The Morgan fingerprint density at radius 2 is 2.04 bits per heavy atom. The van der Waals surface area contributed by atoms with Gasteiger partial charge in [-0.05, 0) is 73.6 Å². The second-order valence-corrected chi connectivity index (χ2v) is 13.6. The summed E-state index contributed by atoms with van der Waals surface area (Å²) in [5.41, 5.74) is 7.41. The van der Waals surface area contributed by atoms with Gasteiger partial charge in [0.25, 0.3) is 0 Å². The molecule has 0 radical (unpaired) electrons. The number of anilines is 2. The first-order chi connectivity index (χ1) is 21.8. The number of hydrogen-bond donors (Lipinski definition) is 1. The summed E-state index contributed by atoms with van der Waals surface area (Å²) in [6, 6.07) is 6.28. The largest absolute Gasteiger partial charge is 0.461 e. The van der Waals surface area contributed by atoms with Gasteiger partial charge in [-0.3, -0.25) is 9.88 Å². The number of pyridine rings is 1. The van der Waals surface area contributed by atoms with Crippen molar-refractivity contribution in [1.82, 2.24) is 19.9 Å². The van der Waals surface area contributed by atoms with E-state index >= 15 is 4.39 Å². The van der Waals surface area contributed by atoms with E-state index in [9.17, 15) is 4.39 Å². The molecule has 0 amide bonds. The molecule has 1 aliphatic carbocycles. The second kappa shape index (κ2) is 10.5. The van der Waals surface area contributed by atoms with Crippen molar-refractivity contribution in [1.29, 1.82) is 0 Å². The van der Waals surface area contributed by atoms with E-state index in [2.05, 4.69) is 32.6 Å². The molecule has 3 aliphatic heterocycles. The molecule has 1 spiro atoms. The summed E-state index contributed by atoms with van der Waals surface area (Å²) >= 11 is 0. The highest BCUT2D eigenvalue weighted by molar-refractivity contribution is 6.03. The van der Waals surface area contributed by atoms with Gasteiger partial charge >= 0.3 is 6.01 Å². The number of halogens is 2. The Kier molecular flexibility index (Phi) is 6.63. The highest BCUT2D eigenvalue weighted by Crippen LogP contribution is 2.60. The Balaban J connectivity index is 1.27. The first kappa shape index (κ1) is 28.4. The van der Waals surface area contributed by atoms with Crippen molar-refractivity contribution in [3.63, 3.8) is 0 Å². The number of nitrogens with two attached hydrogens (primary N) is 1. The highest BCUT2D eigenvalue weighted by Gasteiger charge is 2.60. The second-order valence-electron chi connectivity index (χ2n) is 13.6. The van der Waals surface area contributed by atoms with Crippen molar-refractivity contribution in [3.8, 4) is 29.6 Å². The number of benzene rings is 2. The molecule has 2 atom stereocenters. The van der Waals surface area contributed by atoms with Crippen LogP contribution in [0.4, 0.5) is 20.3 Å².